The van der Waals surface area contributed by atoms with Gasteiger partial charge in [-0.25, -0.2) is 14.8 Å². The Balaban J connectivity index is 1.64. The number of aromatic nitrogens is 2. The minimum atomic E-state index is -0.441. The molecule has 1 aliphatic rings. The minimum Gasteiger partial charge on any atom is -0.474 e. The fourth-order valence-electron chi connectivity index (χ4n) is 3.21. The molecule has 1 fully saturated rings. The zero-order chi connectivity index (χ0) is 19.9. The van der Waals surface area contributed by atoms with E-state index in [0.717, 1.165) is 18.4 Å². The number of aryl methyl sites for hydroxylation is 1. The van der Waals surface area contributed by atoms with Gasteiger partial charge in [0.25, 0.3) is 5.91 Å². The van der Waals surface area contributed by atoms with Crippen molar-refractivity contribution in [3.05, 3.63) is 53.0 Å². The first kappa shape index (κ1) is 19.8. The molecule has 0 radical (unpaired) electrons. The van der Waals surface area contributed by atoms with Gasteiger partial charge in [0.2, 0.25) is 5.88 Å². The van der Waals surface area contributed by atoms with Gasteiger partial charge in [-0.05, 0) is 57.7 Å². The number of carbonyl (C=O) groups is 2. The Morgan fingerprint density at radius 2 is 2.00 bits per heavy atom. The maximum absolute atomic E-state index is 12.5. The van der Waals surface area contributed by atoms with Crippen LogP contribution < -0.4 is 10.1 Å². The molecule has 1 amide bonds. The molecule has 0 aliphatic heterocycles. The molecule has 0 saturated heterocycles. The summed E-state index contributed by atoms with van der Waals surface area (Å²) in [4.78, 5) is 32.9. The molecule has 7 nitrogen and oxygen atoms in total. The lowest BCUT2D eigenvalue weighted by Gasteiger charge is -2.15. The van der Waals surface area contributed by atoms with Crippen molar-refractivity contribution in [2.24, 2.45) is 0 Å². The fourth-order valence-corrected chi connectivity index (χ4v) is 3.21. The number of rotatable bonds is 7. The highest BCUT2D eigenvalue weighted by Crippen LogP contribution is 2.25. The molecule has 28 heavy (non-hydrogen) atoms. The van der Waals surface area contributed by atoms with Crippen LogP contribution in [-0.2, 0) is 11.3 Å². The van der Waals surface area contributed by atoms with E-state index in [2.05, 4.69) is 15.3 Å². The summed E-state index contributed by atoms with van der Waals surface area (Å²) in [6.45, 7) is 4.00. The fraction of sp³-hybridized carbons (Fsp3) is 0.429. The highest BCUT2D eigenvalue weighted by molar-refractivity contribution is 5.95. The third-order valence-electron chi connectivity index (χ3n) is 4.68. The Hall–Kier alpha value is -2.96. The van der Waals surface area contributed by atoms with Gasteiger partial charge < -0.3 is 14.8 Å². The van der Waals surface area contributed by atoms with E-state index in [9.17, 15) is 9.59 Å². The summed E-state index contributed by atoms with van der Waals surface area (Å²) in [6.07, 6.45) is 6.32. The number of nitrogens with zero attached hydrogens (tertiary/aromatic N) is 2. The van der Waals surface area contributed by atoms with Crippen molar-refractivity contribution in [1.29, 1.82) is 0 Å². The van der Waals surface area contributed by atoms with Crippen LogP contribution in [0.3, 0.4) is 0 Å². The molecular weight excluding hydrogens is 358 g/mol. The van der Waals surface area contributed by atoms with Gasteiger partial charge in [-0.1, -0.05) is 6.07 Å². The van der Waals surface area contributed by atoms with E-state index in [1.54, 1.807) is 26.1 Å². The standard InChI is InChI=1S/C21H25N3O4/c1-3-27-21(26)17-10-11-18(24-14(17)2)19(25)23-13-15-7-6-12-22-20(15)28-16-8-4-5-9-16/h6-7,10-12,16H,3-5,8-9,13H2,1-2H3,(H,23,25). The quantitative estimate of drug-likeness (QED) is 0.739. The first-order valence-electron chi connectivity index (χ1n) is 9.62. The average Bonchev–Trinajstić information content (AvgIpc) is 3.20. The first-order chi connectivity index (χ1) is 13.6. The van der Waals surface area contributed by atoms with E-state index in [-0.39, 0.29) is 30.9 Å². The Kier molecular flexibility index (Phi) is 6.57. The van der Waals surface area contributed by atoms with Gasteiger partial charge in [-0.15, -0.1) is 0 Å². The molecule has 3 rings (SSSR count). The molecule has 7 heteroatoms. The predicted molar refractivity (Wildman–Crippen MR) is 103 cm³/mol. The van der Waals surface area contributed by atoms with Crippen molar-refractivity contribution >= 4 is 11.9 Å². The average molecular weight is 383 g/mol. The number of nitrogens with one attached hydrogen (secondary N) is 1. The number of hydrogen-bond donors (Lipinski definition) is 1. The van der Waals surface area contributed by atoms with E-state index in [0.29, 0.717) is 17.1 Å². The Bertz CT molecular complexity index is 847. The summed E-state index contributed by atoms with van der Waals surface area (Å²) < 4.78 is 11.0. The largest absolute Gasteiger partial charge is 0.474 e. The highest BCUT2D eigenvalue weighted by Gasteiger charge is 2.19. The summed E-state index contributed by atoms with van der Waals surface area (Å²) >= 11 is 0. The molecule has 0 bridgehead atoms. The van der Waals surface area contributed by atoms with Crippen LogP contribution in [0, 0.1) is 6.92 Å². The Labute approximate surface area is 164 Å². The van der Waals surface area contributed by atoms with Crippen LogP contribution in [0.1, 0.15) is 64.7 Å². The summed E-state index contributed by atoms with van der Waals surface area (Å²) in [7, 11) is 0. The zero-order valence-corrected chi connectivity index (χ0v) is 16.2. The van der Waals surface area contributed by atoms with Crippen molar-refractivity contribution in [2.75, 3.05) is 6.61 Å². The second-order valence-corrected chi connectivity index (χ2v) is 6.72. The molecule has 2 heterocycles. The number of esters is 1. The Morgan fingerprint density at radius 1 is 1.21 bits per heavy atom. The number of carbonyl (C=O) groups excluding carboxylic acids is 2. The third-order valence-corrected chi connectivity index (χ3v) is 4.68. The topological polar surface area (TPSA) is 90.4 Å². The van der Waals surface area contributed by atoms with E-state index >= 15 is 0 Å². The zero-order valence-electron chi connectivity index (χ0n) is 16.2. The predicted octanol–water partition coefficient (Wildman–Crippen LogP) is 3.21. The molecule has 1 saturated carbocycles. The summed E-state index contributed by atoms with van der Waals surface area (Å²) in [5.74, 6) is -0.200. The van der Waals surface area contributed by atoms with Crippen molar-refractivity contribution in [3.63, 3.8) is 0 Å². The van der Waals surface area contributed by atoms with Gasteiger partial charge in [0, 0.05) is 18.3 Å². The molecule has 0 aromatic carbocycles. The van der Waals surface area contributed by atoms with Crippen LogP contribution in [-0.4, -0.2) is 34.6 Å². The molecule has 0 atom stereocenters. The van der Waals surface area contributed by atoms with Crippen LogP contribution in [0.4, 0.5) is 0 Å². The lowest BCUT2D eigenvalue weighted by molar-refractivity contribution is 0.0524. The van der Waals surface area contributed by atoms with Gasteiger partial charge in [-0.3, -0.25) is 4.79 Å². The van der Waals surface area contributed by atoms with Gasteiger partial charge >= 0.3 is 5.97 Å². The second-order valence-electron chi connectivity index (χ2n) is 6.72. The number of hydrogen-bond acceptors (Lipinski definition) is 6. The molecule has 1 aliphatic carbocycles. The van der Waals surface area contributed by atoms with Gasteiger partial charge in [0.05, 0.1) is 17.9 Å². The van der Waals surface area contributed by atoms with E-state index in [1.165, 1.54) is 18.9 Å². The van der Waals surface area contributed by atoms with Crippen LogP contribution in [0.15, 0.2) is 30.5 Å². The normalized spacial score (nSPS) is 13.9. The number of ether oxygens (including phenoxy) is 2. The second kappa shape index (κ2) is 9.30. The first-order valence-corrected chi connectivity index (χ1v) is 9.62. The molecule has 1 N–H and O–H groups in total. The van der Waals surface area contributed by atoms with Crippen LogP contribution >= 0.6 is 0 Å². The SMILES string of the molecule is CCOC(=O)c1ccc(C(=O)NCc2cccnc2OC2CCCC2)nc1C. The molecule has 0 unspecified atom stereocenters. The lowest BCUT2D eigenvalue weighted by Crippen LogP contribution is -2.25. The number of pyridine rings is 2. The van der Waals surface area contributed by atoms with Crippen molar-refractivity contribution in [3.8, 4) is 5.88 Å². The third kappa shape index (κ3) is 4.85. The summed E-state index contributed by atoms with van der Waals surface area (Å²) in [5, 5.41) is 2.84. The van der Waals surface area contributed by atoms with E-state index < -0.39 is 5.97 Å². The molecule has 0 spiro atoms. The monoisotopic (exact) mass is 383 g/mol. The van der Waals surface area contributed by atoms with Crippen LogP contribution in [0.5, 0.6) is 5.88 Å². The minimum absolute atomic E-state index is 0.198. The lowest BCUT2D eigenvalue weighted by atomic mass is 10.2. The number of amides is 1. The summed E-state index contributed by atoms with van der Waals surface area (Å²) in [5.41, 5.74) is 1.88. The summed E-state index contributed by atoms with van der Waals surface area (Å²) in [6, 6.07) is 6.79. The van der Waals surface area contributed by atoms with Gasteiger partial charge in [0.1, 0.15) is 11.8 Å². The van der Waals surface area contributed by atoms with Gasteiger partial charge in [-0.2, -0.15) is 0 Å². The highest BCUT2D eigenvalue weighted by atomic mass is 16.5. The Morgan fingerprint density at radius 3 is 2.71 bits per heavy atom. The maximum Gasteiger partial charge on any atom is 0.339 e. The van der Waals surface area contributed by atoms with Crippen LogP contribution in [0.25, 0.3) is 0 Å². The molecule has 2 aromatic rings. The molecule has 148 valence electrons. The van der Waals surface area contributed by atoms with Crippen LogP contribution in [0.2, 0.25) is 0 Å². The van der Waals surface area contributed by atoms with Crippen molar-refractivity contribution in [1.82, 2.24) is 15.3 Å². The van der Waals surface area contributed by atoms with Gasteiger partial charge in [0.15, 0.2) is 0 Å². The molecule has 2 aromatic heterocycles. The van der Waals surface area contributed by atoms with Crippen molar-refractivity contribution < 1.29 is 19.1 Å². The molecular formula is C21H25N3O4. The van der Waals surface area contributed by atoms with Crippen molar-refractivity contribution in [2.45, 2.75) is 52.2 Å². The van der Waals surface area contributed by atoms with E-state index in [4.69, 9.17) is 9.47 Å². The smallest absolute Gasteiger partial charge is 0.339 e. The maximum atomic E-state index is 12.5. The van der Waals surface area contributed by atoms with E-state index in [1.807, 2.05) is 12.1 Å².